The van der Waals surface area contributed by atoms with Crippen molar-refractivity contribution in [1.82, 2.24) is 5.32 Å². The molecule has 0 saturated carbocycles. The quantitative estimate of drug-likeness (QED) is 0.385. The Morgan fingerprint density at radius 3 is 2.40 bits per heavy atom. The highest BCUT2D eigenvalue weighted by Crippen LogP contribution is 2.34. The number of carboxylic acid groups (broad SMARTS) is 1. The van der Waals surface area contributed by atoms with E-state index in [2.05, 4.69) is 40.5 Å². The number of piperidine rings is 1. The van der Waals surface area contributed by atoms with E-state index in [9.17, 15) is 14.7 Å². The first kappa shape index (κ1) is 24.5. The van der Waals surface area contributed by atoms with Crippen LogP contribution < -0.4 is 15.0 Å². The Morgan fingerprint density at radius 2 is 1.71 bits per heavy atom. The Kier molecular flexibility index (Phi) is 8.16. The van der Waals surface area contributed by atoms with Crippen molar-refractivity contribution in [3.63, 3.8) is 0 Å². The number of para-hydroxylation sites is 1. The zero-order valence-electron chi connectivity index (χ0n) is 20.0. The van der Waals surface area contributed by atoms with E-state index in [0.717, 1.165) is 30.5 Å². The molecule has 182 valence electrons. The van der Waals surface area contributed by atoms with Crippen LogP contribution in [0.2, 0.25) is 0 Å². The van der Waals surface area contributed by atoms with Crippen molar-refractivity contribution in [2.75, 3.05) is 24.6 Å². The highest BCUT2D eigenvalue weighted by Gasteiger charge is 2.25. The van der Waals surface area contributed by atoms with Gasteiger partial charge in [0.25, 0.3) is 0 Å². The summed E-state index contributed by atoms with van der Waals surface area (Å²) in [6, 6.07) is 22.4. The van der Waals surface area contributed by atoms with Crippen molar-refractivity contribution in [3.8, 4) is 5.75 Å². The van der Waals surface area contributed by atoms with Gasteiger partial charge in [0.05, 0.1) is 18.7 Å². The maximum absolute atomic E-state index is 12.3. The summed E-state index contributed by atoms with van der Waals surface area (Å²) in [5.41, 5.74) is 4.07. The average Bonchev–Trinajstić information content (AvgIpc) is 2.90. The zero-order chi connectivity index (χ0) is 24.6. The van der Waals surface area contributed by atoms with E-state index in [1.165, 1.54) is 31.0 Å². The van der Waals surface area contributed by atoms with E-state index >= 15 is 0 Å². The Labute approximate surface area is 206 Å². The minimum atomic E-state index is -1.06. The van der Waals surface area contributed by atoms with Crippen LogP contribution in [0.3, 0.4) is 0 Å². The molecule has 2 atom stereocenters. The fraction of sp³-hybridized carbons (Fsp3) is 0.310. The highest BCUT2D eigenvalue weighted by atomic mass is 16.5. The summed E-state index contributed by atoms with van der Waals surface area (Å²) in [6.07, 6.45) is 4.46. The van der Waals surface area contributed by atoms with Crippen molar-refractivity contribution >= 4 is 17.9 Å². The standard InChI is InChI=1S/C29H32N2O4/c1-2-35-27-19-22(15-16-24(27)29(33)34)25(20-32)30-28(21-11-5-3-6-12-21)23-13-7-8-14-26(23)31-17-9-4-10-18-31/h3,5-8,11-16,19-20,25,28,30H,2,4,9-10,17-18H2,1H3,(H,33,34). The van der Waals surface area contributed by atoms with Gasteiger partial charge in [0, 0.05) is 18.8 Å². The largest absolute Gasteiger partial charge is 0.493 e. The first-order chi connectivity index (χ1) is 17.1. The lowest BCUT2D eigenvalue weighted by atomic mass is 9.94. The topological polar surface area (TPSA) is 78.9 Å². The normalized spacial score (nSPS) is 15.3. The lowest BCUT2D eigenvalue weighted by Gasteiger charge is -2.33. The number of ether oxygens (including phenoxy) is 1. The van der Waals surface area contributed by atoms with Crippen molar-refractivity contribution in [2.45, 2.75) is 38.3 Å². The third-order valence-corrected chi connectivity index (χ3v) is 6.45. The van der Waals surface area contributed by atoms with Crippen molar-refractivity contribution in [3.05, 3.63) is 95.1 Å². The summed E-state index contributed by atoms with van der Waals surface area (Å²) in [6.45, 7) is 4.17. The van der Waals surface area contributed by atoms with Crippen LogP contribution in [0.5, 0.6) is 5.75 Å². The Balaban J connectivity index is 1.73. The SMILES string of the molecule is CCOc1cc(C(C=O)NC(c2ccccc2)c2ccccc2N2CCCCC2)ccc1C(=O)O. The maximum atomic E-state index is 12.3. The first-order valence-corrected chi connectivity index (χ1v) is 12.2. The number of nitrogens with one attached hydrogen (secondary N) is 1. The predicted molar refractivity (Wildman–Crippen MR) is 137 cm³/mol. The number of carboxylic acids is 1. The van der Waals surface area contributed by atoms with Gasteiger partial charge < -0.3 is 19.5 Å². The number of aromatic carboxylic acids is 1. The maximum Gasteiger partial charge on any atom is 0.339 e. The lowest BCUT2D eigenvalue weighted by Crippen LogP contribution is -2.33. The van der Waals surface area contributed by atoms with Gasteiger partial charge in [-0.1, -0.05) is 54.6 Å². The molecule has 1 aliphatic rings. The van der Waals surface area contributed by atoms with Crippen molar-refractivity contribution in [1.29, 1.82) is 0 Å². The number of hydrogen-bond donors (Lipinski definition) is 2. The molecule has 2 N–H and O–H groups in total. The van der Waals surface area contributed by atoms with E-state index in [-0.39, 0.29) is 17.4 Å². The molecule has 0 aromatic heterocycles. The summed E-state index contributed by atoms with van der Waals surface area (Å²) >= 11 is 0. The average molecular weight is 473 g/mol. The minimum absolute atomic E-state index is 0.0790. The molecule has 1 aliphatic heterocycles. The molecule has 6 nitrogen and oxygen atoms in total. The molecule has 3 aromatic rings. The van der Waals surface area contributed by atoms with E-state index in [1.54, 1.807) is 19.1 Å². The second-order valence-electron chi connectivity index (χ2n) is 8.72. The molecule has 0 bridgehead atoms. The van der Waals surface area contributed by atoms with Gasteiger partial charge in [-0.05, 0) is 61.1 Å². The summed E-state index contributed by atoms with van der Waals surface area (Å²) < 4.78 is 5.58. The fourth-order valence-corrected chi connectivity index (χ4v) is 4.74. The van der Waals surface area contributed by atoms with Gasteiger partial charge in [-0.3, -0.25) is 5.32 Å². The number of nitrogens with zero attached hydrogens (tertiary/aromatic N) is 1. The van der Waals surface area contributed by atoms with Crippen LogP contribution in [0.25, 0.3) is 0 Å². The molecule has 1 saturated heterocycles. The van der Waals surface area contributed by atoms with Crippen LogP contribution in [-0.4, -0.2) is 37.1 Å². The van der Waals surface area contributed by atoms with Crippen molar-refractivity contribution in [2.24, 2.45) is 0 Å². The molecule has 2 unspecified atom stereocenters. The number of anilines is 1. The minimum Gasteiger partial charge on any atom is -0.493 e. The van der Waals surface area contributed by atoms with Crippen LogP contribution >= 0.6 is 0 Å². The van der Waals surface area contributed by atoms with Gasteiger partial charge in [-0.2, -0.15) is 0 Å². The number of benzene rings is 3. The number of carbonyl (C=O) groups excluding carboxylic acids is 1. The Morgan fingerprint density at radius 1 is 1.00 bits per heavy atom. The van der Waals surface area contributed by atoms with Gasteiger partial charge >= 0.3 is 5.97 Å². The van der Waals surface area contributed by atoms with Crippen molar-refractivity contribution < 1.29 is 19.4 Å². The monoisotopic (exact) mass is 472 g/mol. The third kappa shape index (κ3) is 5.72. The third-order valence-electron chi connectivity index (χ3n) is 6.45. The molecule has 0 radical (unpaired) electrons. The van der Waals surface area contributed by atoms with Crippen LogP contribution in [-0.2, 0) is 4.79 Å². The molecule has 0 aliphatic carbocycles. The first-order valence-electron chi connectivity index (χ1n) is 12.2. The van der Waals surface area contributed by atoms with E-state index < -0.39 is 12.0 Å². The van der Waals surface area contributed by atoms with Gasteiger partial charge in [0.1, 0.15) is 17.6 Å². The lowest BCUT2D eigenvalue weighted by molar-refractivity contribution is -0.109. The molecular weight excluding hydrogens is 440 g/mol. The van der Waals surface area contributed by atoms with E-state index in [1.807, 2.05) is 24.3 Å². The second kappa shape index (κ2) is 11.7. The van der Waals surface area contributed by atoms with Crippen LogP contribution in [0.4, 0.5) is 5.69 Å². The van der Waals surface area contributed by atoms with Crippen LogP contribution in [0.15, 0.2) is 72.8 Å². The Hall–Kier alpha value is -3.64. The second-order valence-corrected chi connectivity index (χ2v) is 8.72. The van der Waals surface area contributed by atoms with E-state index in [0.29, 0.717) is 12.2 Å². The summed E-state index contributed by atoms with van der Waals surface area (Å²) in [7, 11) is 0. The molecule has 1 fully saturated rings. The molecule has 4 rings (SSSR count). The van der Waals surface area contributed by atoms with Gasteiger partial charge in [0.15, 0.2) is 0 Å². The molecule has 35 heavy (non-hydrogen) atoms. The summed E-state index contributed by atoms with van der Waals surface area (Å²) in [5.74, 6) is -0.802. The summed E-state index contributed by atoms with van der Waals surface area (Å²) in [4.78, 5) is 26.4. The molecule has 3 aromatic carbocycles. The number of rotatable bonds is 10. The highest BCUT2D eigenvalue weighted by molar-refractivity contribution is 5.91. The predicted octanol–water partition coefficient (Wildman–Crippen LogP) is 5.39. The summed E-state index contributed by atoms with van der Waals surface area (Å²) in [5, 5.41) is 13.1. The van der Waals surface area contributed by atoms with E-state index in [4.69, 9.17) is 4.74 Å². The Bertz CT molecular complexity index is 1140. The zero-order valence-corrected chi connectivity index (χ0v) is 20.0. The molecule has 0 amide bonds. The van der Waals surface area contributed by atoms with Crippen LogP contribution in [0.1, 0.15) is 65.3 Å². The van der Waals surface area contributed by atoms with Gasteiger partial charge in [-0.15, -0.1) is 0 Å². The number of carbonyl (C=O) groups is 2. The molecule has 1 heterocycles. The number of hydrogen-bond acceptors (Lipinski definition) is 5. The molecule has 6 heteroatoms. The number of aldehydes is 1. The smallest absolute Gasteiger partial charge is 0.339 e. The van der Waals surface area contributed by atoms with Gasteiger partial charge in [-0.25, -0.2) is 4.79 Å². The fourth-order valence-electron chi connectivity index (χ4n) is 4.74. The van der Waals surface area contributed by atoms with Crippen LogP contribution in [0, 0.1) is 0 Å². The van der Waals surface area contributed by atoms with Gasteiger partial charge in [0.2, 0.25) is 0 Å². The molecular formula is C29H32N2O4. The molecule has 0 spiro atoms.